The van der Waals surface area contributed by atoms with Gasteiger partial charge in [0.2, 0.25) is 0 Å². The molecule has 3 nitrogen and oxygen atoms in total. The van der Waals surface area contributed by atoms with Crippen molar-refractivity contribution in [2.75, 3.05) is 6.54 Å². The summed E-state index contributed by atoms with van der Waals surface area (Å²) in [6.45, 7) is 5.57. The Morgan fingerprint density at radius 2 is 2.14 bits per heavy atom. The highest BCUT2D eigenvalue weighted by Gasteiger charge is 2.19. The van der Waals surface area contributed by atoms with Crippen molar-refractivity contribution in [2.24, 2.45) is 5.73 Å². The van der Waals surface area contributed by atoms with Crippen molar-refractivity contribution in [3.63, 3.8) is 0 Å². The molecule has 21 heavy (non-hydrogen) atoms. The number of benzene rings is 1. The van der Waals surface area contributed by atoms with Crippen molar-refractivity contribution >= 4 is 27.5 Å². The van der Waals surface area contributed by atoms with Gasteiger partial charge in [0.25, 0.3) is 0 Å². The molecule has 0 saturated heterocycles. The molecule has 2 rings (SSSR count). The van der Waals surface area contributed by atoms with Gasteiger partial charge in [-0.25, -0.2) is 0 Å². The Labute approximate surface area is 139 Å². The maximum Gasteiger partial charge on any atom is 0.0850 e. The van der Waals surface area contributed by atoms with Crippen molar-refractivity contribution in [2.45, 2.75) is 39.2 Å². The lowest BCUT2D eigenvalue weighted by Gasteiger charge is -2.16. The summed E-state index contributed by atoms with van der Waals surface area (Å²) in [5.41, 5.74) is 9.28. The number of hydrogen-bond acceptors (Lipinski definition) is 2. The maximum absolute atomic E-state index is 6.49. The number of nitrogens with zero attached hydrogens (tertiary/aromatic N) is 2. The van der Waals surface area contributed by atoms with Crippen LogP contribution in [0.1, 0.15) is 36.7 Å². The molecule has 114 valence electrons. The first-order valence-corrected chi connectivity index (χ1v) is 8.47. The van der Waals surface area contributed by atoms with Gasteiger partial charge in [-0.3, -0.25) is 4.68 Å². The molecular weight excluding hydrogens is 350 g/mol. The Balaban J connectivity index is 2.32. The molecule has 0 radical (unpaired) electrons. The van der Waals surface area contributed by atoms with E-state index in [1.54, 1.807) is 0 Å². The molecule has 1 aromatic carbocycles. The molecule has 1 heterocycles. The standard InChI is InChI=1S/C16H21BrClN3/c1-3-14-16(18)15(21(4-2)20-14)9-12(10-19)11-6-5-7-13(17)8-11/h5-8,12H,3-4,9-10,19H2,1-2H3. The normalized spacial score (nSPS) is 12.6. The average molecular weight is 371 g/mol. The summed E-state index contributed by atoms with van der Waals surface area (Å²) in [5, 5.41) is 5.38. The second kappa shape index (κ2) is 7.43. The Kier molecular flexibility index (Phi) is 5.85. The fraction of sp³-hybridized carbons (Fsp3) is 0.438. The summed E-state index contributed by atoms with van der Waals surface area (Å²) in [4.78, 5) is 0. The first-order valence-electron chi connectivity index (χ1n) is 7.30. The van der Waals surface area contributed by atoms with E-state index < -0.39 is 0 Å². The lowest BCUT2D eigenvalue weighted by molar-refractivity contribution is 0.581. The molecule has 2 aromatic rings. The minimum atomic E-state index is 0.242. The largest absolute Gasteiger partial charge is 0.330 e. The minimum Gasteiger partial charge on any atom is -0.330 e. The van der Waals surface area contributed by atoms with Gasteiger partial charge >= 0.3 is 0 Å². The summed E-state index contributed by atoms with van der Waals surface area (Å²) in [5.74, 6) is 0.242. The van der Waals surface area contributed by atoms with Gasteiger partial charge in [0, 0.05) is 16.9 Å². The summed E-state index contributed by atoms with van der Waals surface area (Å²) in [6, 6.07) is 8.30. The van der Waals surface area contributed by atoms with E-state index in [9.17, 15) is 0 Å². The van der Waals surface area contributed by atoms with Gasteiger partial charge in [0.1, 0.15) is 0 Å². The molecule has 0 bridgehead atoms. The molecule has 0 amide bonds. The summed E-state index contributed by atoms with van der Waals surface area (Å²) in [7, 11) is 0. The van der Waals surface area contributed by atoms with Gasteiger partial charge < -0.3 is 5.73 Å². The van der Waals surface area contributed by atoms with Crippen LogP contribution in [-0.4, -0.2) is 16.3 Å². The summed E-state index contributed by atoms with van der Waals surface area (Å²) in [6.07, 6.45) is 1.66. The number of aryl methyl sites for hydroxylation is 2. The molecule has 0 spiro atoms. The van der Waals surface area contributed by atoms with Gasteiger partial charge in [0.15, 0.2) is 0 Å². The van der Waals surface area contributed by atoms with E-state index in [0.717, 1.165) is 40.3 Å². The van der Waals surface area contributed by atoms with Crippen molar-refractivity contribution in [1.82, 2.24) is 9.78 Å². The quantitative estimate of drug-likeness (QED) is 0.829. The fourth-order valence-corrected chi connectivity index (χ4v) is 3.31. The monoisotopic (exact) mass is 369 g/mol. The number of hydrogen-bond donors (Lipinski definition) is 1. The Morgan fingerprint density at radius 1 is 1.38 bits per heavy atom. The first kappa shape index (κ1) is 16.5. The first-order chi connectivity index (χ1) is 10.1. The molecule has 2 N–H and O–H groups in total. The zero-order chi connectivity index (χ0) is 15.4. The topological polar surface area (TPSA) is 43.8 Å². The van der Waals surface area contributed by atoms with Gasteiger partial charge in [-0.1, -0.05) is 46.6 Å². The van der Waals surface area contributed by atoms with E-state index in [4.69, 9.17) is 17.3 Å². The minimum absolute atomic E-state index is 0.242. The van der Waals surface area contributed by atoms with Crippen LogP contribution < -0.4 is 5.73 Å². The summed E-state index contributed by atoms with van der Waals surface area (Å²) >= 11 is 10.0. The lowest BCUT2D eigenvalue weighted by Crippen LogP contribution is -2.17. The van der Waals surface area contributed by atoms with Crippen LogP contribution in [0.4, 0.5) is 0 Å². The molecule has 1 aromatic heterocycles. The van der Waals surface area contributed by atoms with E-state index >= 15 is 0 Å². The predicted octanol–water partition coefficient (Wildman–Crippen LogP) is 4.17. The van der Waals surface area contributed by atoms with Crippen LogP contribution in [0.3, 0.4) is 0 Å². The zero-order valence-corrected chi connectivity index (χ0v) is 14.8. The number of rotatable bonds is 6. The van der Waals surface area contributed by atoms with Gasteiger partial charge in [0.05, 0.1) is 16.4 Å². The molecule has 0 aliphatic rings. The number of aromatic nitrogens is 2. The van der Waals surface area contributed by atoms with Crippen molar-refractivity contribution in [3.8, 4) is 0 Å². The molecule has 5 heteroatoms. The van der Waals surface area contributed by atoms with Crippen LogP contribution >= 0.6 is 27.5 Å². The van der Waals surface area contributed by atoms with Crippen LogP contribution in [0.2, 0.25) is 5.02 Å². The van der Waals surface area contributed by atoms with E-state index in [1.807, 2.05) is 16.8 Å². The highest BCUT2D eigenvalue weighted by Crippen LogP contribution is 2.28. The number of halogens is 2. The SMILES string of the molecule is CCc1nn(CC)c(CC(CN)c2cccc(Br)c2)c1Cl. The molecule has 0 aliphatic carbocycles. The summed E-state index contributed by atoms with van der Waals surface area (Å²) < 4.78 is 3.07. The molecule has 0 fully saturated rings. The molecule has 1 atom stereocenters. The molecule has 1 unspecified atom stereocenters. The third-order valence-corrected chi connectivity index (χ3v) is 4.67. The van der Waals surface area contributed by atoms with Crippen molar-refractivity contribution in [3.05, 3.63) is 50.7 Å². The van der Waals surface area contributed by atoms with Gasteiger partial charge in [-0.2, -0.15) is 5.10 Å². The Hall–Kier alpha value is -0.840. The average Bonchev–Trinajstić information content (AvgIpc) is 2.80. The van der Waals surface area contributed by atoms with E-state index in [2.05, 4.69) is 47.0 Å². The molecule has 0 saturated carbocycles. The van der Waals surface area contributed by atoms with Crippen LogP contribution in [-0.2, 0) is 19.4 Å². The molecular formula is C16H21BrClN3. The fourth-order valence-electron chi connectivity index (χ4n) is 2.54. The van der Waals surface area contributed by atoms with E-state index in [0.29, 0.717) is 6.54 Å². The zero-order valence-electron chi connectivity index (χ0n) is 12.4. The lowest BCUT2D eigenvalue weighted by atomic mass is 9.94. The predicted molar refractivity (Wildman–Crippen MR) is 91.9 cm³/mol. The van der Waals surface area contributed by atoms with Crippen LogP contribution in [0.25, 0.3) is 0 Å². The van der Waals surface area contributed by atoms with Crippen LogP contribution in [0.15, 0.2) is 28.7 Å². The van der Waals surface area contributed by atoms with Gasteiger partial charge in [-0.15, -0.1) is 0 Å². The smallest absolute Gasteiger partial charge is 0.0850 e. The third-order valence-electron chi connectivity index (χ3n) is 3.74. The van der Waals surface area contributed by atoms with E-state index in [1.165, 1.54) is 5.56 Å². The van der Waals surface area contributed by atoms with Crippen LogP contribution in [0, 0.1) is 0 Å². The van der Waals surface area contributed by atoms with E-state index in [-0.39, 0.29) is 5.92 Å². The highest BCUT2D eigenvalue weighted by molar-refractivity contribution is 9.10. The van der Waals surface area contributed by atoms with Crippen LogP contribution in [0.5, 0.6) is 0 Å². The maximum atomic E-state index is 6.49. The van der Waals surface area contributed by atoms with Crippen molar-refractivity contribution < 1.29 is 0 Å². The van der Waals surface area contributed by atoms with Gasteiger partial charge in [-0.05, 0) is 44.0 Å². The molecule has 0 aliphatic heterocycles. The second-order valence-electron chi connectivity index (χ2n) is 5.07. The van der Waals surface area contributed by atoms with Crippen molar-refractivity contribution in [1.29, 1.82) is 0 Å². The third kappa shape index (κ3) is 3.68. The second-order valence-corrected chi connectivity index (χ2v) is 6.36. The Bertz CT molecular complexity index is 610. The Morgan fingerprint density at radius 3 is 2.71 bits per heavy atom. The highest BCUT2D eigenvalue weighted by atomic mass is 79.9. The number of nitrogens with two attached hydrogens (primary N) is 1.